The lowest BCUT2D eigenvalue weighted by Gasteiger charge is -2.27. The van der Waals surface area contributed by atoms with Gasteiger partial charge in [0.25, 0.3) is 0 Å². The van der Waals surface area contributed by atoms with Crippen LogP contribution in [-0.2, 0) is 69.1 Å². The number of rotatable bonds is 16. The highest BCUT2D eigenvalue weighted by atomic mass is 32.2. The zero-order chi connectivity index (χ0) is 78.8. The molecule has 0 saturated carbocycles. The molecular formula is C80H79F9N8O5S7. The van der Waals surface area contributed by atoms with Crippen LogP contribution in [0.3, 0.4) is 0 Å². The molecule has 0 amide bonds. The summed E-state index contributed by atoms with van der Waals surface area (Å²) in [5.74, 6) is 2.75. The molecule has 13 nitrogen and oxygen atoms in total. The van der Waals surface area contributed by atoms with Gasteiger partial charge in [0.2, 0.25) is 0 Å². The molecule has 0 N–H and O–H groups in total. The molecule has 0 spiro atoms. The summed E-state index contributed by atoms with van der Waals surface area (Å²) in [6.07, 6.45) is -13.2. The van der Waals surface area contributed by atoms with Gasteiger partial charge in [-0.15, -0.1) is 0 Å². The van der Waals surface area contributed by atoms with Crippen LogP contribution in [0.5, 0.6) is 0 Å². The fourth-order valence-electron chi connectivity index (χ4n) is 12.2. The second-order valence-electron chi connectivity index (χ2n) is 26.7. The van der Waals surface area contributed by atoms with Gasteiger partial charge in [0, 0.05) is 129 Å². The molecule has 4 heterocycles. The zero-order valence-electron chi connectivity index (χ0n) is 60.4. The van der Waals surface area contributed by atoms with Crippen molar-refractivity contribution in [1.29, 1.82) is 21.0 Å². The highest BCUT2D eigenvalue weighted by molar-refractivity contribution is 8.00. The van der Waals surface area contributed by atoms with Crippen molar-refractivity contribution < 1.29 is 61.1 Å². The van der Waals surface area contributed by atoms with Crippen LogP contribution in [0.4, 0.5) is 39.5 Å². The van der Waals surface area contributed by atoms with Crippen LogP contribution in [0.2, 0.25) is 0 Å². The maximum atomic E-state index is 13.1. The summed E-state index contributed by atoms with van der Waals surface area (Å²) in [4.78, 5) is 15.0. The molecular weight excluding hydrogens is 1550 g/mol. The number of sulfone groups is 2. The Morgan fingerprint density at radius 2 is 0.606 bits per heavy atom. The topological polar surface area (TPSA) is 186 Å². The van der Waals surface area contributed by atoms with Gasteiger partial charge in [-0.25, -0.2) is 16.8 Å². The van der Waals surface area contributed by atoms with E-state index in [1.165, 1.54) is 63.4 Å². The maximum absolute atomic E-state index is 13.1. The van der Waals surface area contributed by atoms with E-state index in [-0.39, 0.29) is 23.0 Å². The molecule has 29 heteroatoms. The van der Waals surface area contributed by atoms with Crippen LogP contribution < -0.4 is 0 Å². The normalized spacial score (nSPS) is 16.3. The van der Waals surface area contributed by atoms with E-state index in [0.29, 0.717) is 119 Å². The van der Waals surface area contributed by atoms with Crippen LogP contribution >= 0.6 is 58.8 Å². The van der Waals surface area contributed by atoms with Gasteiger partial charge in [-0.1, -0.05) is 53.1 Å². The monoisotopic (exact) mass is 1630 g/mol. The fraction of sp³-hybridized carbons (Fsp3) is 0.350. The highest BCUT2D eigenvalue weighted by Gasteiger charge is 2.34. The molecule has 0 radical (unpaired) electrons. The van der Waals surface area contributed by atoms with Crippen molar-refractivity contribution in [2.75, 3.05) is 100 Å². The smallest absolute Gasteiger partial charge is 0.379 e. The van der Waals surface area contributed by atoms with Crippen molar-refractivity contribution in [3.8, 4) is 24.3 Å². The van der Waals surface area contributed by atoms with Crippen LogP contribution in [-0.4, -0.2) is 137 Å². The Morgan fingerprint density at radius 3 is 0.872 bits per heavy atom. The summed E-state index contributed by atoms with van der Waals surface area (Å²) < 4.78 is 170. The van der Waals surface area contributed by atoms with E-state index in [1.54, 1.807) is 81.1 Å². The second-order valence-corrected chi connectivity index (χ2v) is 37.0. The first-order valence-corrected chi connectivity index (χ1v) is 42.6. The van der Waals surface area contributed by atoms with Gasteiger partial charge in [-0.2, -0.15) is 72.3 Å². The van der Waals surface area contributed by atoms with Crippen LogP contribution in [0, 0.1) is 79.9 Å². The Labute approximate surface area is 653 Å². The minimum atomic E-state index is -4.42. The predicted octanol–water partition coefficient (Wildman–Crippen LogP) is 18.3. The fourth-order valence-corrected chi connectivity index (χ4v) is 20.1. The molecule has 0 aromatic heterocycles. The molecule has 0 atom stereocenters. The molecule has 109 heavy (non-hydrogen) atoms. The number of nitrogens with zero attached hydrogens (tertiary/aromatic N) is 8. The molecule has 0 unspecified atom stereocenters. The lowest BCUT2D eigenvalue weighted by atomic mass is 10.1. The largest absolute Gasteiger partial charge is 0.416 e. The quantitative estimate of drug-likeness (QED) is 0.0831. The van der Waals surface area contributed by atoms with E-state index in [1.807, 2.05) is 59.1 Å². The van der Waals surface area contributed by atoms with Gasteiger partial charge in [-0.3, -0.25) is 19.6 Å². The predicted molar refractivity (Wildman–Crippen MR) is 412 cm³/mol. The number of alkyl halides is 9. The third-order valence-corrected chi connectivity index (χ3v) is 26.2. The number of ether oxygens (including phenoxy) is 1. The van der Waals surface area contributed by atoms with Crippen molar-refractivity contribution in [2.24, 2.45) is 0 Å². The first-order chi connectivity index (χ1) is 51.6. The van der Waals surface area contributed by atoms with Crippen molar-refractivity contribution in [2.45, 2.75) is 118 Å². The van der Waals surface area contributed by atoms with Crippen molar-refractivity contribution in [1.82, 2.24) is 19.6 Å². The van der Waals surface area contributed by atoms with E-state index in [0.717, 1.165) is 104 Å². The summed E-state index contributed by atoms with van der Waals surface area (Å²) in [6.45, 7) is 18.3. The van der Waals surface area contributed by atoms with E-state index in [2.05, 4.69) is 71.0 Å². The van der Waals surface area contributed by atoms with E-state index in [9.17, 15) is 77.4 Å². The first kappa shape index (κ1) is 85.5. The van der Waals surface area contributed by atoms with Gasteiger partial charge < -0.3 is 4.74 Å². The second kappa shape index (κ2) is 38.7. The van der Waals surface area contributed by atoms with Crippen molar-refractivity contribution in [3.63, 3.8) is 0 Å². The summed E-state index contributed by atoms with van der Waals surface area (Å²) in [7, 11) is -5.90. The molecule has 8 aromatic rings. The number of hydrogen-bond donors (Lipinski definition) is 0. The number of nitriles is 4. The first-order valence-electron chi connectivity index (χ1n) is 34.5. The number of halogens is 9. The number of thioether (sulfide) groups is 1. The average Bonchev–Trinajstić information content (AvgIpc) is 0.826. The number of benzene rings is 8. The summed E-state index contributed by atoms with van der Waals surface area (Å²) >= 11 is 7.46. The van der Waals surface area contributed by atoms with E-state index < -0.39 is 54.9 Å². The number of aryl methyl sites for hydroxylation is 5. The van der Waals surface area contributed by atoms with E-state index >= 15 is 0 Å². The summed E-state index contributed by atoms with van der Waals surface area (Å²) in [6, 6.07) is 48.7. The average molecular weight is 1630 g/mol. The Hall–Kier alpha value is -7.46. The Balaban J connectivity index is 0.000000168. The van der Waals surface area contributed by atoms with Gasteiger partial charge >= 0.3 is 18.5 Å². The van der Waals surface area contributed by atoms with Crippen LogP contribution in [0.15, 0.2) is 185 Å². The van der Waals surface area contributed by atoms with Crippen molar-refractivity contribution >= 4 is 78.5 Å². The van der Waals surface area contributed by atoms with Crippen LogP contribution in [0.25, 0.3) is 0 Å². The molecule has 4 fully saturated rings. The third kappa shape index (κ3) is 26.9. The van der Waals surface area contributed by atoms with Crippen molar-refractivity contribution in [3.05, 3.63) is 235 Å². The lowest BCUT2D eigenvalue weighted by molar-refractivity contribution is -0.138. The minimum Gasteiger partial charge on any atom is -0.379 e. The van der Waals surface area contributed by atoms with E-state index in [4.69, 9.17) is 4.74 Å². The zero-order valence-corrected chi connectivity index (χ0v) is 66.1. The third-order valence-electron chi connectivity index (χ3n) is 17.7. The maximum Gasteiger partial charge on any atom is 0.416 e. The Bertz CT molecular complexity index is 4780. The molecule has 4 aliphatic rings. The van der Waals surface area contributed by atoms with Gasteiger partial charge in [-0.05, 0) is 224 Å². The Morgan fingerprint density at radius 1 is 0.358 bits per heavy atom. The summed E-state index contributed by atoms with van der Waals surface area (Å²) in [5, 5.41) is 36.9. The molecule has 4 saturated heterocycles. The van der Waals surface area contributed by atoms with Crippen LogP contribution in [0.1, 0.15) is 89.0 Å². The van der Waals surface area contributed by atoms with Gasteiger partial charge in [0.05, 0.1) is 99.4 Å². The molecule has 0 bridgehead atoms. The minimum absolute atomic E-state index is 0.0836. The molecule has 12 rings (SSSR count). The SMILES string of the molecule is Cc1cc(C)cc(Sc2ccc(C#N)cc2CN2CCS(=O)(=O)CC2)c1.Cc1cc(Sc2ccc(C#N)cc2CN2CCOCC2)cc(C(F)(F)F)c1.Cc1cc(Sc2ccc(C#N)cc2CN2CCS(=O)(=O)CC2)cc(C(F)(F)F)c1.Cc1cc(Sc2ccc(C#N)cc2CN2CCSCC2)cc(C(F)(F)F)c1. The number of hydrogen-bond acceptors (Lipinski definition) is 18. The molecule has 574 valence electrons. The standard InChI is InChI=1S/C20H19F3N2O2S2.C20H19F3N2OS.C20H19F3N2S2.C20H22N2O2S2/c1-14-8-17(20(21,22)23)11-18(9-14)28-19-3-2-15(12-24)10-16(19)13-25-4-6-29(26,27)7-5-25;2*1-14-8-17(20(21,22)23)11-18(9-14)27-19-3-2-15(12-24)10-16(19)13-25-4-6-26-7-5-25;1-15-9-16(2)11-19(10-15)25-20-4-3-17(13-21)12-18(20)14-22-5-7-26(23,24)8-6-22/h2-3,8-11H,4-7,13H2,1H3;2*2-3,8-11H,4-7,13H2,1H3;3-4,9-12H,5-8,14H2,1-2H3. The Kier molecular flexibility index (Phi) is 30.3. The summed E-state index contributed by atoms with van der Waals surface area (Å²) in [5.41, 5.74) is 8.14. The number of morpholine rings is 1. The molecule has 4 aliphatic heterocycles. The lowest BCUT2D eigenvalue weighted by Crippen LogP contribution is -2.39. The molecule has 0 aliphatic carbocycles. The molecule has 8 aromatic carbocycles. The van der Waals surface area contributed by atoms with Gasteiger partial charge in [0.15, 0.2) is 19.7 Å². The highest BCUT2D eigenvalue weighted by Crippen LogP contribution is 2.42. The van der Waals surface area contributed by atoms with Gasteiger partial charge in [0.1, 0.15) is 0 Å².